The Morgan fingerprint density at radius 3 is 2.64 bits per heavy atom. The van der Waals surface area contributed by atoms with E-state index in [2.05, 4.69) is 22.9 Å². The SMILES string of the molecule is CCc1cc(Br)cc(C(=O)C(C)Cl)c1. The predicted octanol–water partition coefficient (Wildman–Crippen LogP) is 3.82. The summed E-state index contributed by atoms with van der Waals surface area (Å²) in [5.74, 6) is -0.0253. The van der Waals surface area contributed by atoms with Gasteiger partial charge < -0.3 is 0 Å². The standard InChI is InChI=1S/C11H12BrClO/c1-3-8-4-9(6-10(12)5-8)11(14)7(2)13/h4-7H,3H2,1-2H3. The average molecular weight is 276 g/mol. The van der Waals surface area contributed by atoms with Gasteiger partial charge in [-0.1, -0.05) is 22.9 Å². The van der Waals surface area contributed by atoms with Gasteiger partial charge in [0, 0.05) is 10.0 Å². The smallest absolute Gasteiger partial charge is 0.180 e. The molecule has 0 N–H and O–H groups in total. The molecular formula is C11H12BrClO. The van der Waals surface area contributed by atoms with Gasteiger partial charge in [-0.05, 0) is 37.1 Å². The third-order valence-electron chi connectivity index (χ3n) is 2.01. The number of halogens is 2. The Hall–Kier alpha value is -0.340. The van der Waals surface area contributed by atoms with Crippen LogP contribution in [-0.4, -0.2) is 11.2 Å². The largest absolute Gasteiger partial charge is 0.293 e. The summed E-state index contributed by atoms with van der Waals surface area (Å²) in [6, 6.07) is 5.71. The molecule has 0 aliphatic carbocycles. The van der Waals surface area contributed by atoms with Gasteiger partial charge >= 0.3 is 0 Å². The zero-order valence-corrected chi connectivity index (χ0v) is 10.5. The molecule has 0 bridgehead atoms. The van der Waals surface area contributed by atoms with Crippen molar-refractivity contribution < 1.29 is 4.79 Å². The molecule has 0 aliphatic heterocycles. The molecule has 1 aromatic carbocycles. The zero-order chi connectivity index (χ0) is 10.7. The van der Waals surface area contributed by atoms with E-state index in [0.717, 1.165) is 16.5 Å². The van der Waals surface area contributed by atoms with Crippen LogP contribution in [0.2, 0.25) is 0 Å². The minimum absolute atomic E-state index is 0.0253. The van der Waals surface area contributed by atoms with Gasteiger partial charge in [-0.3, -0.25) is 4.79 Å². The van der Waals surface area contributed by atoms with Gasteiger partial charge in [-0.25, -0.2) is 0 Å². The van der Waals surface area contributed by atoms with E-state index in [0.29, 0.717) is 5.56 Å². The van der Waals surface area contributed by atoms with E-state index >= 15 is 0 Å². The first-order chi connectivity index (χ1) is 6.54. The summed E-state index contributed by atoms with van der Waals surface area (Å²) in [7, 11) is 0. The van der Waals surface area contributed by atoms with E-state index in [4.69, 9.17) is 11.6 Å². The number of carbonyl (C=O) groups excluding carboxylic acids is 1. The first-order valence-electron chi connectivity index (χ1n) is 4.52. The van der Waals surface area contributed by atoms with Crippen molar-refractivity contribution in [1.29, 1.82) is 0 Å². The molecule has 0 aliphatic rings. The molecule has 0 amide bonds. The van der Waals surface area contributed by atoms with Crippen LogP contribution in [0.25, 0.3) is 0 Å². The summed E-state index contributed by atoms with van der Waals surface area (Å²) >= 11 is 9.12. The summed E-state index contributed by atoms with van der Waals surface area (Å²) in [5, 5.41) is -0.464. The molecule has 1 rings (SSSR count). The number of ketones is 1. The van der Waals surface area contributed by atoms with Crippen LogP contribution in [0.4, 0.5) is 0 Å². The van der Waals surface area contributed by atoms with Gasteiger partial charge in [0.05, 0.1) is 5.38 Å². The van der Waals surface area contributed by atoms with Crippen LogP contribution in [-0.2, 0) is 6.42 Å². The van der Waals surface area contributed by atoms with Gasteiger partial charge in [0.15, 0.2) is 5.78 Å². The highest BCUT2D eigenvalue weighted by Crippen LogP contribution is 2.18. The van der Waals surface area contributed by atoms with Crippen LogP contribution in [0, 0.1) is 0 Å². The number of rotatable bonds is 3. The van der Waals surface area contributed by atoms with Crippen LogP contribution >= 0.6 is 27.5 Å². The molecule has 0 spiro atoms. The van der Waals surface area contributed by atoms with Gasteiger partial charge in [0.1, 0.15) is 0 Å². The Morgan fingerprint density at radius 2 is 2.14 bits per heavy atom. The molecule has 76 valence electrons. The minimum atomic E-state index is -0.464. The predicted molar refractivity (Wildman–Crippen MR) is 63.2 cm³/mol. The number of benzene rings is 1. The fraction of sp³-hybridized carbons (Fsp3) is 0.364. The highest BCUT2D eigenvalue weighted by atomic mass is 79.9. The molecule has 1 atom stereocenters. The highest BCUT2D eigenvalue weighted by molar-refractivity contribution is 9.10. The highest BCUT2D eigenvalue weighted by Gasteiger charge is 2.13. The summed E-state index contributed by atoms with van der Waals surface area (Å²) in [6.07, 6.45) is 0.913. The van der Waals surface area contributed by atoms with Crippen LogP contribution in [0.15, 0.2) is 22.7 Å². The number of hydrogen-bond acceptors (Lipinski definition) is 1. The molecule has 14 heavy (non-hydrogen) atoms. The minimum Gasteiger partial charge on any atom is -0.293 e. The second-order valence-corrected chi connectivity index (χ2v) is 4.75. The van der Waals surface area contributed by atoms with Crippen molar-refractivity contribution in [1.82, 2.24) is 0 Å². The Labute approximate surface area is 97.6 Å². The average Bonchev–Trinajstić information content (AvgIpc) is 2.15. The van der Waals surface area contributed by atoms with E-state index < -0.39 is 5.38 Å². The third-order valence-corrected chi connectivity index (χ3v) is 2.67. The topological polar surface area (TPSA) is 17.1 Å². The number of alkyl halides is 1. The van der Waals surface area contributed by atoms with Gasteiger partial charge in [0.25, 0.3) is 0 Å². The van der Waals surface area contributed by atoms with Crippen molar-refractivity contribution in [3.8, 4) is 0 Å². The second kappa shape index (κ2) is 4.94. The number of carbonyl (C=O) groups is 1. The van der Waals surface area contributed by atoms with Gasteiger partial charge in [-0.15, -0.1) is 11.6 Å². The second-order valence-electron chi connectivity index (χ2n) is 3.18. The van der Waals surface area contributed by atoms with Crippen molar-refractivity contribution in [2.75, 3.05) is 0 Å². The summed E-state index contributed by atoms with van der Waals surface area (Å²) in [6.45, 7) is 3.75. The van der Waals surface area contributed by atoms with E-state index in [1.807, 2.05) is 12.1 Å². The van der Waals surface area contributed by atoms with Crippen LogP contribution in [0.5, 0.6) is 0 Å². The van der Waals surface area contributed by atoms with Crippen molar-refractivity contribution in [3.63, 3.8) is 0 Å². The lowest BCUT2D eigenvalue weighted by Gasteiger charge is -2.05. The van der Waals surface area contributed by atoms with Crippen LogP contribution in [0.1, 0.15) is 29.8 Å². The molecule has 0 radical (unpaired) electrons. The number of hydrogen-bond donors (Lipinski definition) is 0. The van der Waals surface area contributed by atoms with Crippen molar-refractivity contribution in [2.45, 2.75) is 25.6 Å². The van der Waals surface area contributed by atoms with E-state index in [-0.39, 0.29) is 5.78 Å². The molecule has 3 heteroatoms. The third kappa shape index (κ3) is 2.82. The molecule has 1 unspecified atom stereocenters. The summed E-state index contributed by atoms with van der Waals surface area (Å²) in [4.78, 5) is 11.6. The fourth-order valence-corrected chi connectivity index (χ4v) is 1.89. The van der Waals surface area contributed by atoms with Crippen molar-refractivity contribution in [3.05, 3.63) is 33.8 Å². The Kier molecular flexibility index (Phi) is 4.14. The lowest BCUT2D eigenvalue weighted by molar-refractivity contribution is 0.0991. The van der Waals surface area contributed by atoms with E-state index in [1.165, 1.54) is 0 Å². The first-order valence-corrected chi connectivity index (χ1v) is 5.75. The molecule has 1 aromatic rings. The lowest BCUT2D eigenvalue weighted by atomic mass is 10.0. The lowest BCUT2D eigenvalue weighted by Crippen LogP contribution is -2.10. The molecule has 0 saturated heterocycles. The number of Topliss-reactive ketones (excluding diaryl/α,β-unsaturated/α-hetero) is 1. The van der Waals surface area contributed by atoms with Gasteiger partial charge in [0.2, 0.25) is 0 Å². The molecule has 0 heterocycles. The Balaban J connectivity index is 3.09. The van der Waals surface area contributed by atoms with E-state index in [1.54, 1.807) is 13.0 Å². The Morgan fingerprint density at radius 1 is 1.50 bits per heavy atom. The van der Waals surface area contributed by atoms with Crippen LogP contribution in [0.3, 0.4) is 0 Å². The molecule has 0 fully saturated rings. The van der Waals surface area contributed by atoms with Gasteiger partial charge in [-0.2, -0.15) is 0 Å². The molecule has 1 nitrogen and oxygen atoms in total. The maximum atomic E-state index is 11.6. The fourth-order valence-electron chi connectivity index (χ4n) is 1.23. The summed E-state index contributed by atoms with van der Waals surface area (Å²) in [5.41, 5.74) is 1.82. The van der Waals surface area contributed by atoms with Crippen molar-refractivity contribution in [2.24, 2.45) is 0 Å². The molecular weight excluding hydrogens is 263 g/mol. The maximum absolute atomic E-state index is 11.6. The molecule has 0 aromatic heterocycles. The quantitative estimate of drug-likeness (QED) is 0.605. The van der Waals surface area contributed by atoms with Crippen molar-refractivity contribution >= 4 is 33.3 Å². The first kappa shape index (κ1) is 11.7. The monoisotopic (exact) mass is 274 g/mol. The summed E-state index contributed by atoms with van der Waals surface area (Å²) < 4.78 is 0.928. The Bertz CT molecular complexity index is 347. The number of aryl methyl sites for hydroxylation is 1. The van der Waals surface area contributed by atoms with E-state index in [9.17, 15) is 4.79 Å². The zero-order valence-electron chi connectivity index (χ0n) is 8.18. The normalized spacial score (nSPS) is 12.6. The maximum Gasteiger partial charge on any atom is 0.180 e. The van der Waals surface area contributed by atoms with Crippen LogP contribution < -0.4 is 0 Å². The molecule has 0 saturated carbocycles.